The minimum atomic E-state index is -0.218. The molecule has 0 spiro atoms. The Morgan fingerprint density at radius 3 is 2.69 bits per heavy atom. The summed E-state index contributed by atoms with van der Waals surface area (Å²) in [7, 11) is 1.62. The van der Waals surface area contributed by atoms with Crippen LogP contribution >= 0.6 is 0 Å². The third kappa shape index (κ3) is 4.91. The maximum Gasteiger partial charge on any atom is 0.315 e. The first kappa shape index (κ1) is 18.1. The average molecular weight is 354 g/mol. The molecular weight excluding hydrogens is 328 g/mol. The molecule has 1 aliphatic rings. The van der Waals surface area contributed by atoms with Crippen molar-refractivity contribution < 1.29 is 14.3 Å². The van der Waals surface area contributed by atoms with E-state index in [9.17, 15) is 4.79 Å². The normalized spacial score (nSPS) is 12.8. The molecule has 0 saturated carbocycles. The van der Waals surface area contributed by atoms with Crippen LogP contribution in [-0.2, 0) is 19.4 Å². The van der Waals surface area contributed by atoms with E-state index in [1.54, 1.807) is 7.11 Å². The van der Waals surface area contributed by atoms with E-state index in [1.165, 1.54) is 30.4 Å². The Labute approximate surface area is 154 Å². The van der Waals surface area contributed by atoms with Crippen molar-refractivity contribution in [2.75, 3.05) is 20.3 Å². The molecule has 5 nitrogen and oxygen atoms in total. The minimum absolute atomic E-state index is 0.218. The highest BCUT2D eigenvalue weighted by molar-refractivity contribution is 5.73. The number of ether oxygens (including phenoxy) is 2. The van der Waals surface area contributed by atoms with Crippen LogP contribution in [0, 0.1) is 0 Å². The molecule has 0 aliphatic heterocycles. The molecule has 0 aromatic heterocycles. The van der Waals surface area contributed by atoms with E-state index in [0.29, 0.717) is 19.7 Å². The van der Waals surface area contributed by atoms with Gasteiger partial charge in [0.1, 0.15) is 18.1 Å². The molecule has 3 rings (SSSR count). The van der Waals surface area contributed by atoms with Crippen LogP contribution in [0.2, 0.25) is 0 Å². The van der Waals surface area contributed by atoms with Crippen LogP contribution in [-0.4, -0.2) is 26.3 Å². The van der Waals surface area contributed by atoms with Crippen LogP contribution in [0.15, 0.2) is 42.5 Å². The molecule has 1 aliphatic carbocycles. The number of benzene rings is 2. The van der Waals surface area contributed by atoms with Gasteiger partial charge in [-0.3, -0.25) is 0 Å². The summed E-state index contributed by atoms with van der Waals surface area (Å²) in [4.78, 5) is 11.9. The van der Waals surface area contributed by atoms with Crippen LogP contribution in [0.4, 0.5) is 4.79 Å². The summed E-state index contributed by atoms with van der Waals surface area (Å²) in [5.41, 5.74) is 3.78. The van der Waals surface area contributed by atoms with Gasteiger partial charge in [-0.1, -0.05) is 24.3 Å². The lowest BCUT2D eigenvalue weighted by atomic mass is 9.92. The molecule has 0 radical (unpaired) electrons. The van der Waals surface area contributed by atoms with E-state index in [0.717, 1.165) is 23.5 Å². The molecule has 138 valence electrons. The number of rotatable bonds is 7. The number of carbonyl (C=O) groups excluding carboxylic acids is 1. The molecule has 0 heterocycles. The highest BCUT2D eigenvalue weighted by atomic mass is 16.5. The number of carbonyl (C=O) groups is 1. The fourth-order valence-corrected chi connectivity index (χ4v) is 3.22. The highest BCUT2D eigenvalue weighted by Crippen LogP contribution is 2.25. The zero-order chi connectivity index (χ0) is 18.2. The summed E-state index contributed by atoms with van der Waals surface area (Å²) in [6, 6.07) is 13.7. The van der Waals surface area contributed by atoms with Crippen molar-refractivity contribution in [2.24, 2.45) is 0 Å². The summed E-state index contributed by atoms with van der Waals surface area (Å²) in [6.45, 7) is 1.32. The minimum Gasteiger partial charge on any atom is -0.496 e. The zero-order valence-corrected chi connectivity index (χ0v) is 15.2. The van der Waals surface area contributed by atoms with E-state index in [4.69, 9.17) is 9.47 Å². The average Bonchev–Trinajstić information content (AvgIpc) is 2.69. The van der Waals surface area contributed by atoms with Gasteiger partial charge in [0.2, 0.25) is 0 Å². The van der Waals surface area contributed by atoms with Gasteiger partial charge in [0.25, 0.3) is 0 Å². The second-order valence-electron chi connectivity index (χ2n) is 6.41. The predicted molar refractivity (Wildman–Crippen MR) is 102 cm³/mol. The summed E-state index contributed by atoms with van der Waals surface area (Å²) in [6.07, 6.45) is 4.84. The van der Waals surface area contributed by atoms with Crippen molar-refractivity contribution in [2.45, 2.75) is 32.2 Å². The first-order chi connectivity index (χ1) is 12.8. The van der Waals surface area contributed by atoms with Crippen LogP contribution in [0.25, 0.3) is 0 Å². The van der Waals surface area contributed by atoms with Gasteiger partial charge in [0.15, 0.2) is 0 Å². The SMILES string of the molecule is COc1ccccc1CNC(=O)NCCOc1ccc2c(c1)CCCC2. The monoisotopic (exact) mass is 354 g/mol. The third-order valence-corrected chi connectivity index (χ3v) is 4.61. The number of hydrogen-bond donors (Lipinski definition) is 2. The Morgan fingerprint density at radius 2 is 1.85 bits per heavy atom. The first-order valence-corrected chi connectivity index (χ1v) is 9.14. The van der Waals surface area contributed by atoms with E-state index in [-0.39, 0.29) is 6.03 Å². The van der Waals surface area contributed by atoms with Gasteiger partial charge in [0.05, 0.1) is 13.7 Å². The molecular formula is C21H26N2O3. The standard InChI is InChI=1S/C21H26N2O3/c1-25-20-9-5-4-8-18(20)15-23-21(24)22-12-13-26-19-11-10-16-6-2-3-7-17(16)14-19/h4-5,8-11,14H,2-3,6-7,12-13,15H2,1H3,(H2,22,23,24). The van der Waals surface area contributed by atoms with E-state index < -0.39 is 0 Å². The van der Waals surface area contributed by atoms with Gasteiger partial charge < -0.3 is 20.1 Å². The Bertz CT molecular complexity index is 746. The Kier molecular flexibility index (Phi) is 6.36. The summed E-state index contributed by atoms with van der Waals surface area (Å²) in [5.74, 6) is 1.64. The van der Waals surface area contributed by atoms with Crippen LogP contribution in [0.5, 0.6) is 11.5 Å². The third-order valence-electron chi connectivity index (χ3n) is 4.61. The van der Waals surface area contributed by atoms with Crippen molar-refractivity contribution in [3.63, 3.8) is 0 Å². The number of fused-ring (bicyclic) bond motifs is 1. The van der Waals surface area contributed by atoms with Gasteiger partial charge in [-0.25, -0.2) is 4.79 Å². The second-order valence-corrected chi connectivity index (χ2v) is 6.41. The molecule has 0 atom stereocenters. The summed E-state index contributed by atoms with van der Waals surface area (Å²) >= 11 is 0. The molecule has 0 unspecified atom stereocenters. The van der Waals surface area contributed by atoms with E-state index in [1.807, 2.05) is 30.3 Å². The largest absolute Gasteiger partial charge is 0.496 e. The van der Waals surface area contributed by atoms with Crippen molar-refractivity contribution in [3.8, 4) is 11.5 Å². The Balaban J connectivity index is 1.37. The van der Waals surface area contributed by atoms with E-state index in [2.05, 4.69) is 22.8 Å². The number of urea groups is 1. The number of amides is 2. The second kappa shape index (κ2) is 9.13. The van der Waals surface area contributed by atoms with Gasteiger partial charge >= 0.3 is 6.03 Å². The fourth-order valence-electron chi connectivity index (χ4n) is 3.22. The number of hydrogen-bond acceptors (Lipinski definition) is 3. The number of para-hydroxylation sites is 1. The topological polar surface area (TPSA) is 59.6 Å². The van der Waals surface area contributed by atoms with Crippen molar-refractivity contribution in [1.82, 2.24) is 10.6 Å². The molecule has 26 heavy (non-hydrogen) atoms. The van der Waals surface area contributed by atoms with E-state index >= 15 is 0 Å². The lowest BCUT2D eigenvalue weighted by Crippen LogP contribution is -2.37. The molecule has 2 aromatic rings. The smallest absolute Gasteiger partial charge is 0.315 e. The summed E-state index contributed by atoms with van der Waals surface area (Å²) in [5, 5.41) is 5.63. The lowest BCUT2D eigenvalue weighted by Gasteiger charge is -2.17. The molecule has 2 amide bonds. The Hall–Kier alpha value is -2.69. The van der Waals surface area contributed by atoms with Crippen molar-refractivity contribution in [1.29, 1.82) is 0 Å². The molecule has 5 heteroatoms. The van der Waals surface area contributed by atoms with Crippen LogP contribution in [0.3, 0.4) is 0 Å². The Morgan fingerprint density at radius 1 is 1.04 bits per heavy atom. The van der Waals surface area contributed by atoms with Crippen molar-refractivity contribution >= 4 is 6.03 Å². The quantitative estimate of drug-likeness (QED) is 0.749. The van der Waals surface area contributed by atoms with Crippen LogP contribution in [0.1, 0.15) is 29.5 Å². The number of methoxy groups -OCH3 is 1. The van der Waals surface area contributed by atoms with Gasteiger partial charge in [-0.05, 0) is 55.0 Å². The molecule has 0 bridgehead atoms. The van der Waals surface area contributed by atoms with Gasteiger partial charge in [0, 0.05) is 12.1 Å². The zero-order valence-electron chi connectivity index (χ0n) is 15.2. The van der Waals surface area contributed by atoms with Gasteiger partial charge in [-0.15, -0.1) is 0 Å². The molecule has 0 saturated heterocycles. The molecule has 2 aromatic carbocycles. The fraction of sp³-hybridized carbons (Fsp3) is 0.381. The van der Waals surface area contributed by atoms with Crippen molar-refractivity contribution in [3.05, 3.63) is 59.2 Å². The highest BCUT2D eigenvalue weighted by Gasteiger charge is 2.10. The van der Waals surface area contributed by atoms with Gasteiger partial charge in [-0.2, -0.15) is 0 Å². The molecule has 2 N–H and O–H groups in total. The summed E-state index contributed by atoms with van der Waals surface area (Å²) < 4.78 is 11.0. The first-order valence-electron chi connectivity index (χ1n) is 9.14. The lowest BCUT2D eigenvalue weighted by molar-refractivity contribution is 0.236. The molecule has 0 fully saturated rings. The maximum atomic E-state index is 11.9. The van der Waals surface area contributed by atoms with Crippen LogP contribution < -0.4 is 20.1 Å². The predicted octanol–water partition coefficient (Wildman–Crippen LogP) is 3.45. The number of aryl methyl sites for hydroxylation is 2. The maximum absolute atomic E-state index is 11.9. The number of nitrogens with one attached hydrogen (secondary N) is 2.